The number of sulfonamides is 1. The number of nitrogens with zero attached hydrogens (tertiary/aromatic N) is 2. The number of aromatic carboxylic acids is 1. The number of rotatable bonds is 5. The van der Waals surface area contributed by atoms with Gasteiger partial charge in [0.25, 0.3) is 0 Å². The van der Waals surface area contributed by atoms with Crippen molar-refractivity contribution in [3.63, 3.8) is 0 Å². The molecule has 0 aliphatic carbocycles. The first-order chi connectivity index (χ1) is 9.79. The van der Waals surface area contributed by atoms with Crippen LogP contribution in [0.3, 0.4) is 0 Å². The minimum atomic E-state index is -3.87. The van der Waals surface area contributed by atoms with Crippen molar-refractivity contribution in [3.05, 3.63) is 41.0 Å². The van der Waals surface area contributed by atoms with Crippen LogP contribution in [0.5, 0.6) is 0 Å². The molecule has 2 aromatic rings. The molecule has 1 aromatic carbocycles. The van der Waals surface area contributed by atoms with Gasteiger partial charge in [-0.05, 0) is 24.6 Å². The van der Waals surface area contributed by atoms with Gasteiger partial charge in [0.05, 0.1) is 17.0 Å². The quantitative estimate of drug-likeness (QED) is 0.839. The van der Waals surface area contributed by atoms with Crippen LogP contribution in [0.4, 0.5) is 0 Å². The number of carboxylic acid groups (broad SMARTS) is 1. The largest absolute Gasteiger partial charge is 0.478 e. The lowest BCUT2D eigenvalue weighted by atomic mass is 10.1. The van der Waals surface area contributed by atoms with Crippen LogP contribution in [-0.4, -0.2) is 29.6 Å². The number of carboxylic acids is 1. The highest BCUT2D eigenvalue weighted by molar-refractivity contribution is 7.89. The van der Waals surface area contributed by atoms with Crippen molar-refractivity contribution in [3.8, 4) is 0 Å². The molecule has 0 saturated heterocycles. The second kappa shape index (κ2) is 5.62. The number of aromatic nitrogens is 2. The van der Waals surface area contributed by atoms with E-state index in [1.54, 1.807) is 13.8 Å². The summed E-state index contributed by atoms with van der Waals surface area (Å²) in [5.74, 6) is -0.670. The second-order valence-electron chi connectivity index (χ2n) is 4.34. The van der Waals surface area contributed by atoms with Crippen molar-refractivity contribution in [2.45, 2.75) is 25.3 Å². The summed E-state index contributed by atoms with van der Waals surface area (Å²) in [4.78, 5) is 14.7. The van der Waals surface area contributed by atoms with Crippen LogP contribution in [0, 0.1) is 13.8 Å². The minimum absolute atomic E-state index is 0.0948. The molecule has 112 valence electrons. The summed E-state index contributed by atoms with van der Waals surface area (Å²) in [6.07, 6.45) is 0. The van der Waals surface area contributed by atoms with E-state index >= 15 is 0 Å². The topological polar surface area (TPSA) is 122 Å². The Labute approximate surface area is 120 Å². The first-order valence-corrected chi connectivity index (χ1v) is 7.41. The minimum Gasteiger partial charge on any atom is -0.478 e. The van der Waals surface area contributed by atoms with Crippen LogP contribution < -0.4 is 4.72 Å². The van der Waals surface area contributed by atoms with E-state index < -0.39 is 16.0 Å². The Hall–Kier alpha value is -2.26. The summed E-state index contributed by atoms with van der Waals surface area (Å²) in [6, 6.07) is 3.90. The highest BCUT2D eigenvalue weighted by Crippen LogP contribution is 2.17. The maximum Gasteiger partial charge on any atom is 0.335 e. The van der Waals surface area contributed by atoms with Gasteiger partial charge in [-0.2, -0.15) is 4.98 Å². The lowest BCUT2D eigenvalue weighted by Crippen LogP contribution is -2.25. The molecule has 1 heterocycles. The van der Waals surface area contributed by atoms with Gasteiger partial charge in [0.15, 0.2) is 5.82 Å². The van der Waals surface area contributed by atoms with Crippen LogP contribution in [0.2, 0.25) is 0 Å². The number of carbonyl (C=O) groups is 1. The van der Waals surface area contributed by atoms with Crippen molar-refractivity contribution in [2.75, 3.05) is 0 Å². The molecule has 0 fully saturated rings. The van der Waals surface area contributed by atoms with Crippen molar-refractivity contribution < 1.29 is 22.8 Å². The van der Waals surface area contributed by atoms with Gasteiger partial charge in [-0.1, -0.05) is 11.2 Å². The number of hydrogen-bond acceptors (Lipinski definition) is 6. The van der Waals surface area contributed by atoms with E-state index in [4.69, 9.17) is 9.63 Å². The third-order valence-corrected chi connectivity index (χ3v) is 4.26. The Morgan fingerprint density at radius 2 is 2.10 bits per heavy atom. The van der Waals surface area contributed by atoms with Gasteiger partial charge in [0, 0.05) is 6.92 Å². The molecule has 2 rings (SSSR count). The zero-order valence-electron chi connectivity index (χ0n) is 11.3. The molecule has 0 saturated carbocycles. The van der Waals surface area contributed by atoms with Gasteiger partial charge in [0.1, 0.15) is 0 Å². The highest BCUT2D eigenvalue weighted by Gasteiger charge is 2.19. The maximum absolute atomic E-state index is 12.2. The summed E-state index contributed by atoms with van der Waals surface area (Å²) >= 11 is 0. The van der Waals surface area contributed by atoms with Gasteiger partial charge in [-0.3, -0.25) is 0 Å². The van der Waals surface area contributed by atoms with E-state index in [2.05, 4.69) is 14.9 Å². The molecule has 0 aliphatic rings. The van der Waals surface area contributed by atoms with Gasteiger partial charge in [-0.25, -0.2) is 17.9 Å². The lowest BCUT2D eigenvalue weighted by molar-refractivity contribution is 0.0696. The van der Waals surface area contributed by atoms with E-state index in [-0.39, 0.29) is 22.8 Å². The van der Waals surface area contributed by atoms with Crippen molar-refractivity contribution in [1.29, 1.82) is 0 Å². The molecule has 8 nitrogen and oxygen atoms in total. The molecular weight excluding hydrogens is 298 g/mol. The predicted octanol–water partition coefficient (Wildman–Crippen LogP) is 0.863. The third kappa shape index (κ3) is 3.44. The normalized spacial score (nSPS) is 11.5. The average Bonchev–Trinajstić information content (AvgIpc) is 2.82. The van der Waals surface area contributed by atoms with E-state index in [1.165, 1.54) is 12.1 Å². The standard InChI is InChI=1S/C12H13N3O5S/c1-7-3-4-9(12(16)17)5-10(7)21(18,19)13-6-11-14-8(2)20-15-11/h3-5,13H,6H2,1-2H3,(H,16,17). The first-order valence-electron chi connectivity index (χ1n) is 5.92. The molecule has 9 heteroatoms. The fourth-order valence-corrected chi connectivity index (χ4v) is 2.92. The summed E-state index contributed by atoms with van der Waals surface area (Å²) in [6.45, 7) is 3.03. The molecule has 0 spiro atoms. The Kier molecular flexibility index (Phi) is 4.05. The summed E-state index contributed by atoms with van der Waals surface area (Å²) in [7, 11) is -3.87. The predicted molar refractivity (Wildman–Crippen MR) is 71.2 cm³/mol. The smallest absolute Gasteiger partial charge is 0.335 e. The molecule has 1 aromatic heterocycles. The van der Waals surface area contributed by atoms with Gasteiger partial charge < -0.3 is 9.63 Å². The monoisotopic (exact) mass is 311 g/mol. The number of benzene rings is 1. The Bertz CT molecular complexity index is 782. The van der Waals surface area contributed by atoms with Crippen LogP contribution in [-0.2, 0) is 16.6 Å². The molecule has 2 N–H and O–H groups in total. The van der Waals surface area contributed by atoms with Gasteiger partial charge >= 0.3 is 5.97 Å². The number of nitrogens with one attached hydrogen (secondary N) is 1. The SMILES string of the molecule is Cc1nc(CNS(=O)(=O)c2cc(C(=O)O)ccc2C)no1. The Morgan fingerprint density at radius 3 is 2.67 bits per heavy atom. The summed E-state index contributed by atoms with van der Waals surface area (Å²) in [5, 5.41) is 12.5. The van der Waals surface area contributed by atoms with Gasteiger partial charge in [0.2, 0.25) is 15.9 Å². The van der Waals surface area contributed by atoms with E-state index in [1.807, 2.05) is 0 Å². The fourth-order valence-electron chi connectivity index (χ4n) is 1.67. The highest BCUT2D eigenvalue weighted by atomic mass is 32.2. The maximum atomic E-state index is 12.2. The molecule has 0 amide bonds. The zero-order chi connectivity index (χ0) is 15.6. The number of hydrogen-bond donors (Lipinski definition) is 2. The first kappa shape index (κ1) is 15.1. The third-order valence-electron chi connectivity index (χ3n) is 2.71. The average molecular weight is 311 g/mol. The van der Waals surface area contributed by atoms with Crippen molar-refractivity contribution in [2.24, 2.45) is 0 Å². The summed E-state index contributed by atoms with van der Waals surface area (Å²) in [5.41, 5.74) is 0.341. The van der Waals surface area contributed by atoms with Crippen LogP contribution >= 0.6 is 0 Å². The fraction of sp³-hybridized carbons (Fsp3) is 0.250. The van der Waals surface area contributed by atoms with E-state index in [0.29, 0.717) is 11.5 Å². The molecule has 0 bridgehead atoms. The molecule has 21 heavy (non-hydrogen) atoms. The Morgan fingerprint density at radius 1 is 1.38 bits per heavy atom. The molecular formula is C12H13N3O5S. The van der Waals surface area contributed by atoms with Crippen molar-refractivity contribution >= 4 is 16.0 Å². The zero-order valence-corrected chi connectivity index (χ0v) is 12.1. The summed E-state index contributed by atoms with van der Waals surface area (Å²) < 4.78 is 31.5. The van der Waals surface area contributed by atoms with Crippen LogP contribution in [0.1, 0.15) is 27.6 Å². The van der Waals surface area contributed by atoms with Gasteiger partial charge in [-0.15, -0.1) is 0 Å². The van der Waals surface area contributed by atoms with E-state index in [9.17, 15) is 13.2 Å². The second-order valence-corrected chi connectivity index (χ2v) is 6.07. The Balaban J connectivity index is 2.26. The molecule has 0 radical (unpaired) electrons. The molecule has 0 aliphatic heterocycles. The van der Waals surface area contributed by atoms with Crippen LogP contribution in [0.25, 0.3) is 0 Å². The van der Waals surface area contributed by atoms with Crippen LogP contribution in [0.15, 0.2) is 27.6 Å². The van der Waals surface area contributed by atoms with E-state index in [0.717, 1.165) is 6.07 Å². The molecule has 0 unspecified atom stereocenters. The number of aryl methyl sites for hydroxylation is 2. The lowest BCUT2D eigenvalue weighted by Gasteiger charge is -2.08. The molecule has 0 atom stereocenters. The van der Waals surface area contributed by atoms with Crippen molar-refractivity contribution in [1.82, 2.24) is 14.9 Å².